The zero-order chi connectivity index (χ0) is 16.0. The Morgan fingerprint density at radius 1 is 1.26 bits per heavy atom. The maximum Gasteiger partial charge on any atom is 0.336 e. The third-order valence-electron chi connectivity index (χ3n) is 4.83. The predicted octanol–water partition coefficient (Wildman–Crippen LogP) is 1.02. The summed E-state index contributed by atoms with van der Waals surface area (Å²) in [7, 11) is 0. The Kier molecular flexibility index (Phi) is 3.34. The van der Waals surface area contributed by atoms with Crippen LogP contribution >= 0.6 is 0 Å². The second kappa shape index (κ2) is 5.38. The van der Waals surface area contributed by atoms with Gasteiger partial charge in [-0.3, -0.25) is 10.2 Å². The number of rotatable bonds is 2. The molecule has 2 aliphatic heterocycles. The van der Waals surface area contributed by atoms with Crippen LogP contribution in [-0.2, 0) is 24.1 Å². The first-order chi connectivity index (χ1) is 11.2. The van der Waals surface area contributed by atoms with Crippen LogP contribution in [0.5, 0.6) is 0 Å². The minimum absolute atomic E-state index is 0.0839. The topological polar surface area (TPSA) is 88.6 Å². The highest BCUT2D eigenvalue weighted by Gasteiger charge is 2.27. The number of hydrogen-bond acceptors (Lipinski definition) is 5. The van der Waals surface area contributed by atoms with E-state index in [2.05, 4.69) is 16.4 Å². The number of nitrogens with two attached hydrogens (primary N) is 1. The van der Waals surface area contributed by atoms with Crippen LogP contribution in [-0.4, -0.2) is 19.0 Å². The third kappa shape index (κ3) is 2.30. The molecule has 2 aliphatic rings. The molecule has 120 valence electrons. The van der Waals surface area contributed by atoms with Crippen molar-refractivity contribution >= 4 is 22.6 Å². The van der Waals surface area contributed by atoms with Crippen molar-refractivity contribution in [3.05, 3.63) is 39.2 Å². The van der Waals surface area contributed by atoms with Crippen LogP contribution in [0.25, 0.3) is 11.0 Å². The predicted molar refractivity (Wildman–Crippen MR) is 87.4 cm³/mol. The molecule has 0 aliphatic carbocycles. The number of nitrogens with zero attached hydrogens (tertiary/aromatic N) is 1. The lowest BCUT2D eigenvalue weighted by Crippen LogP contribution is -2.34. The number of fused-ring (bicyclic) bond motifs is 2. The fraction of sp³-hybridized carbons (Fsp3) is 0.412. The highest BCUT2D eigenvalue weighted by atomic mass is 16.4. The molecule has 6 nitrogen and oxygen atoms in total. The van der Waals surface area contributed by atoms with Gasteiger partial charge in [0.2, 0.25) is 5.91 Å². The van der Waals surface area contributed by atoms with Crippen LogP contribution in [0.3, 0.4) is 0 Å². The maximum absolute atomic E-state index is 12.0. The van der Waals surface area contributed by atoms with Crippen molar-refractivity contribution < 1.29 is 9.21 Å². The van der Waals surface area contributed by atoms with Crippen LogP contribution in [0.4, 0.5) is 5.69 Å². The summed E-state index contributed by atoms with van der Waals surface area (Å²) in [6, 6.07) is 3.49. The summed E-state index contributed by atoms with van der Waals surface area (Å²) < 4.78 is 5.54. The lowest BCUT2D eigenvalue weighted by atomic mass is 9.89. The standard InChI is InChI=1S/C17H19N3O3/c18-19-14(21)8-11-9-15(22)23-17-12-4-2-6-20-5-1-3-10(16(12)20)7-13(11)17/h7,9H,1-6,8,18H2,(H,19,21). The number of anilines is 1. The van der Waals surface area contributed by atoms with Gasteiger partial charge >= 0.3 is 5.63 Å². The van der Waals surface area contributed by atoms with Gasteiger partial charge in [-0.05, 0) is 42.9 Å². The van der Waals surface area contributed by atoms with Crippen molar-refractivity contribution in [3.8, 4) is 0 Å². The van der Waals surface area contributed by atoms with Crippen LogP contribution in [0.15, 0.2) is 21.3 Å². The number of nitrogens with one attached hydrogen (secondary N) is 1. The third-order valence-corrected chi connectivity index (χ3v) is 4.83. The van der Waals surface area contributed by atoms with Crippen molar-refractivity contribution in [2.24, 2.45) is 5.84 Å². The molecule has 0 saturated heterocycles. The molecular formula is C17H19N3O3. The zero-order valence-corrected chi connectivity index (χ0v) is 12.9. The molecule has 0 saturated carbocycles. The minimum Gasteiger partial charge on any atom is -0.422 e. The first-order valence-electron chi connectivity index (χ1n) is 8.03. The minimum atomic E-state index is -0.415. The Hall–Kier alpha value is -2.34. The van der Waals surface area contributed by atoms with E-state index in [9.17, 15) is 9.59 Å². The smallest absolute Gasteiger partial charge is 0.336 e. The van der Waals surface area contributed by atoms with E-state index in [-0.39, 0.29) is 12.3 Å². The lowest BCUT2D eigenvalue weighted by Gasteiger charge is -2.37. The molecule has 1 amide bonds. The van der Waals surface area contributed by atoms with Gasteiger partial charge in [0.25, 0.3) is 0 Å². The monoisotopic (exact) mass is 313 g/mol. The van der Waals surface area contributed by atoms with Crippen LogP contribution < -0.4 is 21.8 Å². The second-order valence-corrected chi connectivity index (χ2v) is 6.27. The second-order valence-electron chi connectivity index (χ2n) is 6.27. The van der Waals surface area contributed by atoms with Gasteiger partial charge in [-0.15, -0.1) is 0 Å². The Labute approximate surface area is 133 Å². The Morgan fingerprint density at radius 3 is 2.83 bits per heavy atom. The Balaban J connectivity index is 2.00. The van der Waals surface area contributed by atoms with E-state index in [0.29, 0.717) is 11.1 Å². The number of hydrazine groups is 1. The van der Waals surface area contributed by atoms with E-state index in [0.717, 1.165) is 49.7 Å². The number of carbonyl (C=O) groups is 1. The Morgan fingerprint density at radius 2 is 2.04 bits per heavy atom. The van der Waals surface area contributed by atoms with Gasteiger partial charge < -0.3 is 9.32 Å². The highest BCUT2D eigenvalue weighted by molar-refractivity contribution is 5.93. The molecule has 0 atom stereocenters. The first-order valence-corrected chi connectivity index (χ1v) is 8.03. The summed E-state index contributed by atoms with van der Waals surface area (Å²) in [5, 5.41) is 0.866. The highest BCUT2D eigenvalue weighted by Crippen LogP contribution is 2.40. The maximum atomic E-state index is 12.0. The summed E-state index contributed by atoms with van der Waals surface area (Å²) in [4.78, 5) is 26.0. The Bertz CT molecular complexity index is 854. The average molecular weight is 313 g/mol. The molecule has 0 bridgehead atoms. The SMILES string of the molecule is NNC(=O)Cc1cc(=O)oc2c3c4c(cc12)CCCN4CCC3. The fourth-order valence-electron chi connectivity index (χ4n) is 3.91. The summed E-state index contributed by atoms with van der Waals surface area (Å²) in [6.45, 7) is 2.12. The van der Waals surface area contributed by atoms with Gasteiger partial charge in [0.05, 0.1) is 6.42 Å². The summed E-state index contributed by atoms with van der Waals surface area (Å²) in [5.41, 5.74) is 6.70. The molecule has 0 radical (unpaired) electrons. The van der Waals surface area contributed by atoms with Gasteiger partial charge in [-0.1, -0.05) is 0 Å². The van der Waals surface area contributed by atoms with Gasteiger partial charge in [0, 0.05) is 35.8 Å². The largest absolute Gasteiger partial charge is 0.422 e. The fourth-order valence-corrected chi connectivity index (χ4v) is 3.91. The lowest BCUT2D eigenvalue weighted by molar-refractivity contribution is -0.120. The van der Waals surface area contributed by atoms with Crippen molar-refractivity contribution in [1.82, 2.24) is 5.43 Å². The van der Waals surface area contributed by atoms with Crippen LogP contribution in [0.1, 0.15) is 29.5 Å². The number of hydrogen-bond donors (Lipinski definition) is 2. The van der Waals surface area contributed by atoms with Crippen LogP contribution in [0, 0.1) is 0 Å². The normalized spacial score (nSPS) is 16.3. The number of benzene rings is 1. The zero-order valence-electron chi connectivity index (χ0n) is 12.9. The van der Waals surface area contributed by atoms with Gasteiger partial charge in [0.15, 0.2) is 0 Å². The van der Waals surface area contributed by atoms with E-state index in [1.807, 2.05) is 0 Å². The summed E-state index contributed by atoms with van der Waals surface area (Å²) in [5.74, 6) is 4.87. The summed E-state index contributed by atoms with van der Waals surface area (Å²) >= 11 is 0. The number of carbonyl (C=O) groups excluding carboxylic acids is 1. The van der Waals surface area contributed by atoms with Crippen molar-refractivity contribution in [3.63, 3.8) is 0 Å². The van der Waals surface area contributed by atoms with Crippen molar-refractivity contribution in [2.75, 3.05) is 18.0 Å². The quantitative estimate of drug-likeness (QED) is 0.374. The molecule has 3 N–H and O–H groups in total. The van der Waals surface area contributed by atoms with Gasteiger partial charge in [-0.2, -0.15) is 0 Å². The molecule has 0 unspecified atom stereocenters. The van der Waals surface area contributed by atoms with E-state index in [4.69, 9.17) is 10.3 Å². The van der Waals surface area contributed by atoms with Gasteiger partial charge in [0.1, 0.15) is 5.58 Å². The molecule has 2 aromatic rings. The molecule has 4 rings (SSSR count). The van der Waals surface area contributed by atoms with Crippen molar-refractivity contribution in [2.45, 2.75) is 32.1 Å². The molecule has 1 aromatic heterocycles. The number of aryl methyl sites for hydroxylation is 2. The molecule has 1 aromatic carbocycles. The van der Waals surface area contributed by atoms with E-state index in [1.165, 1.54) is 17.3 Å². The molecule has 6 heteroatoms. The first kappa shape index (κ1) is 14.3. The molecule has 3 heterocycles. The molecular weight excluding hydrogens is 294 g/mol. The molecule has 23 heavy (non-hydrogen) atoms. The molecule has 0 fully saturated rings. The van der Waals surface area contributed by atoms with E-state index >= 15 is 0 Å². The molecule has 0 spiro atoms. The summed E-state index contributed by atoms with van der Waals surface area (Å²) in [6.07, 6.45) is 4.21. The van der Waals surface area contributed by atoms with E-state index in [1.54, 1.807) is 0 Å². The van der Waals surface area contributed by atoms with Gasteiger partial charge in [-0.25, -0.2) is 10.6 Å². The number of amides is 1. The average Bonchev–Trinajstić information content (AvgIpc) is 2.56. The van der Waals surface area contributed by atoms with Crippen LogP contribution in [0.2, 0.25) is 0 Å². The van der Waals surface area contributed by atoms with E-state index < -0.39 is 5.63 Å². The van der Waals surface area contributed by atoms with Crippen molar-refractivity contribution in [1.29, 1.82) is 0 Å².